The molecule has 0 bridgehead atoms. The molecule has 1 aliphatic rings. The Hall–Kier alpha value is -2.04. The van der Waals surface area contributed by atoms with Gasteiger partial charge in [-0.1, -0.05) is 30.3 Å². The fraction of sp³-hybridized carbons (Fsp3) is 0.400. The van der Waals surface area contributed by atoms with E-state index in [1.807, 2.05) is 18.2 Å². The molecule has 4 heteroatoms. The summed E-state index contributed by atoms with van der Waals surface area (Å²) < 4.78 is 16.6. The van der Waals surface area contributed by atoms with E-state index in [9.17, 15) is 0 Å². The molecule has 0 unspecified atom stereocenters. The molecule has 0 amide bonds. The number of hydrogen-bond acceptors (Lipinski definition) is 4. The topological polar surface area (TPSA) is 39.7 Å². The Morgan fingerprint density at radius 2 is 1.67 bits per heavy atom. The molecular weight excluding hydrogens is 302 g/mol. The van der Waals surface area contributed by atoms with Gasteiger partial charge in [0.2, 0.25) is 0 Å². The summed E-state index contributed by atoms with van der Waals surface area (Å²) in [7, 11) is 3.32. The van der Waals surface area contributed by atoms with Gasteiger partial charge in [-0.15, -0.1) is 0 Å². The molecule has 0 radical (unpaired) electrons. The highest BCUT2D eigenvalue weighted by Gasteiger charge is 2.28. The van der Waals surface area contributed by atoms with E-state index in [0.717, 1.165) is 36.8 Å². The normalized spacial score (nSPS) is 20.1. The first-order valence-electron chi connectivity index (χ1n) is 8.35. The summed E-state index contributed by atoms with van der Waals surface area (Å²) in [6.45, 7) is 3.32. The SMILES string of the molecule is COc1cc(COC[C@H]2CNC[C@@H]2c2ccccc2)cc(OC)c1. The van der Waals surface area contributed by atoms with Gasteiger partial charge in [-0.3, -0.25) is 0 Å². The molecule has 2 aromatic rings. The lowest BCUT2D eigenvalue weighted by molar-refractivity contribution is 0.0875. The molecule has 1 aliphatic heterocycles. The highest BCUT2D eigenvalue weighted by molar-refractivity contribution is 5.38. The third-order valence-corrected chi connectivity index (χ3v) is 4.58. The highest BCUT2D eigenvalue weighted by Crippen LogP contribution is 2.29. The average molecular weight is 327 g/mol. The van der Waals surface area contributed by atoms with E-state index in [-0.39, 0.29) is 0 Å². The van der Waals surface area contributed by atoms with Gasteiger partial charge >= 0.3 is 0 Å². The first kappa shape index (κ1) is 16.8. The lowest BCUT2D eigenvalue weighted by Crippen LogP contribution is -2.17. The van der Waals surface area contributed by atoms with Crippen LogP contribution in [-0.2, 0) is 11.3 Å². The third kappa shape index (κ3) is 4.08. The molecule has 0 aromatic heterocycles. The lowest BCUT2D eigenvalue weighted by Gasteiger charge is -2.19. The van der Waals surface area contributed by atoms with Crippen molar-refractivity contribution in [2.45, 2.75) is 12.5 Å². The zero-order valence-electron chi connectivity index (χ0n) is 14.3. The van der Waals surface area contributed by atoms with Crippen molar-refractivity contribution in [3.05, 3.63) is 59.7 Å². The van der Waals surface area contributed by atoms with Crippen molar-refractivity contribution in [3.8, 4) is 11.5 Å². The van der Waals surface area contributed by atoms with Gasteiger partial charge in [0, 0.05) is 31.0 Å². The monoisotopic (exact) mass is 327 g/mol. The van der Waals surface area contributed by atoms with Gasteiger partial charge < -0.3 is 19.5 Å². The number of rotatable bonds is 7. The second-order valence-electron chi connectivity index (χ2n) is 6.17. The zero-order chi connectivity index (χ0) is 16.8. The number of nitrogens with one attached hydrogen (secondary N) is 1. The van der Waals surface area contributed by atoms with Crippen molar-refractivity contribution < 1.29 is 14.2 Å². The van der Waals surface area contributed by atoms with Crippen molar-refractivity contribution in [3.63, 3.8) is 0 Å². The zero-order valence-corrected chi connectivity index (χ0v) is 14.3. The largest absolute Gasteiger partial charge is 0.497 e. The quantitative estimate of drug-likeness (QED) is 0.847. The van der Waals surface area contributed by atoms with Crippen LogP contribution in [-0.4, -0.2) is 33.9 Å². The van der Waals surface area contributed by atoms with Crippen LogP contribution in [0.15, 0.2) is 48.5 Å². The Bertz CT molecular complexity index is 622. The Morgan fingerprint density at radius 3 is 2.33 bits per heavy atom. The molecule has 2 atom stereocenters. The first-order chi connectivity index (χ1) is 11.8. The summed E-state index contributed by atoms with van der Waals surface area (Å²) in [5, 5.41) is 3.49. The minimum absolute atomic E-state index is 0.500. The van der Waals surface area contributed by atoms with Gasteiger partial charge in [0.05, 0.1) is 27.4 Å². The van der Waals surface area contributed by atoms with Crippen LogP contribution in [0.3, 0.4) is 0 Å². The molecule has 0 aliphatic carbocycles. The summed E-state index contributed by atoms with van der Waals surface area (Å²) in [6, 6.07) is 16.5. The number of methoxy groups -OCH3 is 2. The molecule has 24 heavy (non-hydrogen) atoms. The predicted octanol–water partition coefficient (Wildman–Crippen LogP) is 3.22. The fourth-order valence-corrected chi connectivity index (χ4v) is 3.28. The van der Waals surface area contributed by atoms with Crippen LogP contribution in [0.1, 0.15) is 17.0 Å². The Kier molecular flexibility index (Phi) is 5.72. The highest BCUT2D eigenvalue weighted by atomic mass is 16.5. The maximum atomic E-state index is 6.00. The van der Waals surface area contributed by atoms with E-state index in [2.05, 4.69) is 35.6 Å². The van der Waals surface area contributed by atoms with Crippen LogP contribution in [0, 0.1) is 5.92 Å². The van der Waals surface area contributed by atoms with E-state index < -0.39 is 0 Å². The lowest BCUT2D eigenvalue weighted by atomic mass is 9.89. The molecule has 1 N–H and O–H groups in total. The van der Waals surface area contributed by atoms with Crippen molar-refractivity contribution in [1.29, 1.82) is 0 Å². The van der Waals surface area contributed by atoms with Crippen LogP contribution in [0.25, 0.3) is 0 Å². The molecule has 0 spiro atoms. The maximum absolute atomic E-state index is 6.00. The number of hydrogen-bond donors (Lipinski definition) is 1. The van der Waals surface area contributed by atoms with Crippen LogP contribution in [0.2, 0.25) is 0 Å². The number of ether oxygens (including phenoxy) is 3. The molecule has 4 nitrogen and oxygen atoms in total. The molecular formula is C20H25NO3. The summed E-state index contributed by atoms with van der Waals surface area (Å²) in [5.74, 6) is 2.60. The summed E-state index contributed by atoms with van der Waals surface area (Å²) in [6.07, 6.45) is 0. The van der Waals surface area contributed by atoms with Crippen molar-refractivity contribution in [1.82, 2.24) is 5.32 Å². The van der Waals surface area contributed by atoms with Gasteiger partial charge in [-0.05, 0) is 23.3 Å². The van der Waals surface area contributed by atoms with E-state index in [4.69, 9.17) is 14.2 Å². The second kappa shape index (κ2) is 8.18. The molecule has 1 heterocycles. The molecule has 3 rings (SSSR count). The molecule has 1 saturated heterocycles. The van der Waals surface area contributed by atoms with Crippen molar-refractivity contribution >= 4 is 0 Å². The average Bonchev–Trinajstić information content (AvgIpc) is 3.10. The molecule has 2 aromatic carbocycles. The van der Waals surface area contributed by atoms with Gasteiger partial charge in [-0.25, -0.2) is 0 Å². The van der Waals surface area contributed by atoms with Crippen LogP contribution in [0.4, 0.5) is 0 Å². The molecule has 0 saturated carbocycles. The summed E-state index contributed by atoms with van der Waals surface area (Å²) in [4.78, 5) is 0. The second-order valence-corrected chi connectivity index (χ2v) is 6.17. The molecule has 128 valence electrons. The van der Waals surface area contributed by atoms with E-state index in [0.29, 0.717) is 18.4 Å². The van der Waals surface area contributed by atoms with E-state index in [1.54, 1.807) is 14.2 Å². The summed E-state index contributed by atoms with van der Waals surface area (Å²) in [5.41, 5.74) is 2.45. The predicted molar refractivity (Wildman–Crippen MR) is 94.7 cm³/mol. The Balaban J connectivity index is 1.58. The van der Waals surface area contributed by atoms with E-state index >= 15 is 0 Å². The van der Waals surface area contributed by atoms with Gasteiger partial charge in [0.1, 0.15) is 11.5 Å². The minimum Gasteiger partial charge on any atom is -0.497 e. The van der Waals surface area contributed by atoms with Crippen LogP contribution < -0.4 is 14.8 Å². The first-order valence-corrected chi connectivity index (χ1v) is 8.35. The fourth-order valence-electron chi connectivity index (χ4n) is 3.28. The van der Waals surface area contributed by atoms with Gasteiger partial charge in [-0.2, -0.15) is 0 Å². The van der Waals surface area contributed by atoms with Gasteiger partial charge in [0.25, 0.3) is 0 Å². The van der Waals surface area contributed by atoms with Crippen molar-refractivity contribution in [2.75, 3.05) is 33.9 Å². The molecule has 1 fully saturated rings. The maximum Gasteiger partial charge on any atom is 0.122 e. The summed E-state index contributed by atoms with van der Waals surface area (Å²) >= 11 is 0. The van der Waals surface area contributed by atoms with Crippen LogP contribution in [0.5, 0.6) is 11.5 Å². The number of benzene rings is 2. The van der Waals surface area contributed by atoms with Crippen LogP contribution >= 0.6 is 0 Å². The van der Waals surface area contributed by atoms with Gasteiger partial charge in [0.15, 0.2) is 0 Å². The minimum atomic E-state index is 0.500. The Labute approximate surface area is 143 Å². The van der Waals surface area contributed by atoms with Crippen molar-refractivity contribution in [2.24, 2.45) is 5.92 Å². The van der Waals surface area contributed by atoms with E-state index in [1.165, 1.54) is 5.56 Å². The standard InChI is InChI=1S/C20H25NO3/c1-22-18-8-15(9-19(10-18)23-2)13-24-14-17-11-21-12-20(17)16-6-4-3-5-7-16/h3-10,17,20-21H,11-14H2,1-2H3/t17-,20-/m1/s1. The smallest absolute Gasteiger partial charge is 0.122 e. The third-order valence-electron chi connectivity index (χ3n) is 4.58. The Morgan fingerprint density at radius 1 is 0.958 bits per heavy atom.